The minimum Gasteiger partial charge on any atom is -0.279 e. The van der Waals surface area contributed by atoms with Gasteiger partial charge in [0.15, 0.2) is 0 Å². The first-order chi connectivity index (χ1) is 33.9. The summed E-state index contributed by atoms with van der Waals surface area (Å²) in [6.07, 6.45) is 18.1. The Morgan fingerprint density at radius 2 is 0.478 bits per heavy atom. The highest BCUT2D eigenvalue weighted by atomic mass is 15.3. The van der Waals surface area contributed by atoms with Gasteiger partial charge in [-0.1, -0.05) is 116 Å². The number of unbranched alkanes of at least 4 members (excludes halogenated alkanes) is 6. The van der Waals surface area contributed by atoms with Gasteiger partial charge >= 0.3 is 0 Å². The molecule has 0 aliphatic heterocycles. The van der Waals surface area contributed by atoms with Crippen molar-refractivity contribution in [2.75, 3.05) is 14.7 Å². The molecule has 7 heterocycles. The molecule has 69 heavy (non-hydrogen) atoms. The van der Waals surface area contributed by atoms with E-state index in [1.807, 2.05) is 0 Å². The highest BCUT2D eigenvalue weighted by Crippen LogP contribution is 2.42. The van der Waals surface area contributed by atoms with E-state index in [2.05, 4.69) is 178 Å². The molecule has 0 fully saturated rings. The van der Waals surface area contributed by atoms with Gasteiger partial charge in [-0.2, -0.15) is 0 Å². The van der Waals surface area contributed by atoms with Crippen LogP contribution in [-0.2, 0) is 38.5 Å². The van der Waals surface area contributed by atoms with Gasteiger partial charge < -0.3 is 0 Å². The summed E-state index contributed by atoms with van der Waals surface area (Å²) in [6, 6.07) is 42.3. The second-order valence-electron chi connectivity index (χ2n) is 18.1. The molecule has 0 aliphatic carbocycles. The van der Waals surface area contributed by atoms with Crippen molar-refractivity contribution >= 4 is 52.2 Å². The summed E-state index contributed by atoms with van der Waals surface area (Å²) in [5.74, 6) is 5.84. The minimum atomic E-state index is 0.645. The third-order valence-corrected chi connectivity index (χ3v) is 12.3. The molecule has 7 aromatic rings. The molecule has 0 aromatic carbocycles. The van der Waals surface area contributed by atoms with Crippen LogP contribution in [-0.4, -0.2) is 34.9 Å². The first-order valence-corrected chi connectivity index (χ1v) is 26.1. The lowest BCUT2D eigenvalue weighted by Gasteiger charge is -2.30. The van der Waals surface area contributed by atoms with Crippen molar-refractivity contribution in [2.45, 2.75) is 157 Å². The summed E-state index contributed by atoms with van der Waals surface area (Å²) in [5.41, 5.74) is 7.04. The van der Waals surface area contributed by atoms with E-state index in [4.69, 9.17) is 34.9 Å². The fraction of sp³-hybridized carbons (Fsp3) is 0.407. The lowest BCUT2D eigenvalue weighted by Crippen LogP contribution is -2.21. The van der Waals surface area contributed by atoms with Crippen molar-refractivity contribution < 1.29 is 0 Å². The van der Waals surface area contributed by atoms with Crippen molar-refractivity contribution in [1.82, 2.24) is 34.9 Å². The molecule has 10 heteroatoms. The Balaban J connectivity index is 1.57. The molecule has 360 valence electrons. The van der Waals surface area contributed by atoms with E-state index in [1.54, 1.807) is 0 Å². The molecule has 0 radical (unpaired) electrons. The van der Waals surface area contributed by atoms with Crippen molar-refractivity contribution in [3.8, 4) is 0 Å². The summed E-state index contributed by atoms with van der Waals surface area (Å²) in [7, 11) is 0. The number of anilines is 9. The first-order valence-electron chi connectivity index (χ1n) is 26.1. The maximum absolute atomic E-state index is 5.72. The van der Waals surface area contributed by atoms with Crippen LogP contribution >= 0.6 is 0 Å². The number of aryl methyl sites for hydroxylation is 6. The molecular formula is C59H74N10. The number of aromatic nitrogens is 7. The van der Waals surface area contributed by atoms with E-state index >= 15 is 0 Å². The predicted molar refractivity (Wildman–Crippen MR) is 287 cm³/mol. The summed E-state index contributed by atoms with van der Waals surface area (Å²) in [4.78, 5) is 44.4. The highest BCUT2D eigenvalue weighted by Gasteiger charge is 2.27. The van der Waals surface area contributed by atoms with Gasteiger partial charge in [-0.15, -0.1) is 0 Å². The number of nitrogens with zero attached hydrogens (tertiary/aromatic N) is 10. The largest absolute Gasteiger partial charge is 0.279 e. The Bertz CT molecular complexity index is 2210. The molecule has 0 bridgehead atoms. The molecule has 7 aromatic heterocycles. The Hall–Kier alpha value is -6.55. The number of rotatable bonds is 27. The van der Waals surface area contributed by atoms with Gasteiger partial charge in [0.2, 0.25) is 0 Å². The highest BCUT2D eigenvalue weighted by molar-refractivity contribution is 5.83. The Labute approximate surface area is 412 Å². The summed E-state index contributed by atoms with van der Waals surface area (Å²) < 4.78 is 0. The minimum absolute atomic E-state index is 0.645. The second-order valence-corrected chi connectivity index (χ2v) is 18.1. The van der Waals surface area contributed by atoms with Gasteiger partial charge in [-0.25, -0.2) is 34.9 Å². The Kier molecular flexibility index (Phi) is 19.2. The van der Waals surface area contributed by atoms with Gasteiger partial charge in [0.1, 0.15) is 46.5 Å². The Morgan fingerprint density at radius 3 is 0.696 bits per heavy atom. The molecular weight excluding hydrogens is 849 g/mol. The molecule has 0 spiro atoms. The van der Waals surface area contributed by atoms with Crippen LogP contribution in [0.3, 0.4) is 0 Å². The molecule has 0 N–H and O–H groups in total. The number of hydrogen-bond donors (Lipinski definition) is 0. The zero-order valence-electron chi connectivity index (χ0n) is 42.2. The summed E-state index contributed by atoms with van der Waals surface area (Å²) in [5, 5.41) is 0. The van der Waals surface area contributed by atoms with Crippen LogP contribution in [0.25, 0.3) is 0 Å². The van der Waals surface area contributed by atoms with Crippen molar-refractivity contribution in [1.29, 1.82) is 0 Å². The molecule has 7 rings (SSSR count). The van der Waals surface area contributed by atoms with Crippen molar-refractivity contribution in [3.05, 3.63) is 155 Å². The van der Waals surface area contributed by atoms with Gasteiger partial charge in [0.25, 0.3) is 0 Å². The number of hydrogen-bond acceptors (Lipinski definition) is 10. The first kappa shape index (κ1) is 50.3. The smallest absolute Gasteiger partial charge is 0.144 e. The average molecular weight is 923 g/mol. The van der Waals surface area contributed by atoms with E-state index in [0.29, 0.717) is 11.6 Å². The topological polar surface area (TPSA) is 100.0 Å². The van der Waals surface area contributed by atoms with E-state index < -0.39 is 0 Å². The molecule has 0 atom stereocenters. The van der Waals surface area contributed by atoms with Crippen LogP contribution in [0.1, 0.15) is 153 Å². The fourth-order valence-electron chi connectivity index (χ4n) is 8.46. The van der Waals surface area contributed by atoms with Crippen LogP contribution < -0.4 is 14.7 Å². The zero-order valence-corrected chi connectivity index (χ0v) is 42.2. The molecule has 0 unspecified atom stereocenters. The fourth-order valence-corrected chi connectivity index (χ4v) is 8.46. The summed E-state index contributed by atoms with van der Waals surface area (Å²) >= 11 is 0. The second kappa shape index (κ2) is 26.3. The third kappa shape index (κ3) is 13.8. The lowest BCUT2D eigenvalue weighted by atomic mass is 10.1. The van der Waals surface area contributed by atoms with Gasteiger partial charge in [-0.05, 0) is 150 Å². The maximum atomic E-state index is 5.72. The van der Waals surface area contributed by atoms with Crippen LogP contribution in [0.4, 0.5) is 52.2 Å². The summed E-state index contributed by atoms with van der Waals surface area (Å²) in [6.45, 7) is 13.3. The van der Waals surface area contributed by atoms with Crippen LogP contribution in [0, 0.1) is 0 Å². The normalized spacial score (nSPS) is 11.2. The van der Waals surface area contributed by atoms with Crippen molar-refractivity contribution in [3.63, 3.8) is 0 Å². The predicted octanol–water partition coefficient (Wildman–Crippen LogP) is 15.9. The molecule has 0 amide bonds. The van der Waals surface area contributed by atoms with E-state index in [-0.39, 0.29) is 0 Å². The van der Waals surface area contributed by atoms with Crippen LogP contribution in [0.5, 0.6) is 0 Å². The molecule has 10 nitrogen and oxygen atoms in total. The molecule has 0 saturated heterocycles. The average Bonchev–Trinajstić information content (AvgIpc) is 3.38. The monoisotopic (exact) mass is 923 g/mol. The van der Waals surface area contributed by atoms with Gasteiger partial charge in [-0.3, -0.25) is 14.7 Å². The zero-order chi connectivity index (χ0) is 48.2. The van der Waals surface area contributed by atoms with Crippen molar-refractivity contribution in [2.24, 2.45) is 0 Å². The van der Waals surface area contributed by atoms with E-state index in [9.17, 15) is 0 Å². The SMILES string of the molecule is CCCCc1cccc(N(c2cc(N(c3cccc(CCCC)n3)c3cccc(CCCC)n3)nc(N(c3cccc(CCCC)n3)c3cccc(CCCC)n3)c2)c2cccc(CCCC)n2)n1. The van der Waals surface area contributed by atoms with Crippen LogP contribution in [0.2, 0.25) is 0 Å². The van der Waals surface area contributed by atoms with E-state index in [1.165, 1.54) is 0 Å². The van der Waals surface area contributed by atoms with Crippen LogP contribution in [0.15, 0.2) is 121 Å². The maximum Gasteiger partial charge on any atom is 0.144 e. The Morgan fingerprint density at radius 1 is 0.261 bits per heavy atom. The van der Waals surface area contributed by atoms with Gasteiger partial charge in [0.05, 0.1) is 5.69 Å². The standard InChI is InChI=1S/C59H74N10/c1-7-13-25-45-31-19-37-52(60-45)67(53-38-20-32-46(61-53)26-14-8-2)51-43-58(68(54-39-21-33-47(62-54)27-15-9-3)55-40-22-34-48(63-55)28-16-10-4)66-59(44-51)69(56-41-23-35-49(64-56)29-17-11-5)57-42-24-36-50(65-57)30-18-12-6/h19-24,31-44H,7-18,25-30H2,1-6H3. The van der Waals surface area contributed by atoms with E-state index in [0.717, 1.165) is 190 Å². The van der Waals surface area contributed by atoms with Gasteiger partial charge in [0, 0.05) is 46.3 Å². The third-order valence-electron chi connectivity index (χ3n) is 12.3. The number of pyridine rings is 7. The lowest BCUT2D eigenvalue weighted by molar-refractivity contribution is 0.772. The quantitative estimate of drug-likeness (QED) is 0.0496. The molecule has 0 aliphatic rings. The molecule has 0 saturated carbocycles.